The predicted molar refractivity (Wildman–Crippen MR) is 138 cm³/mol. The second-order valence-corrected chi connectivity index (χ2v) is 12.0. The van der Waals surface area contributed by atoms with Crippen molar-refractivity contribution in [1.29, 1.82) is 0 Å². The van der Waals surface area contributed by atoms with Crippen molar-refractivity contribution in [3.8, 4) is 0 Å². The van der Waals surface area contributed by atoms with Crippen molar-refractivity contribution >= 4 is 38.9 Å². The van der Waals surface area contributed by atoms with Gasteiger partial charge in [-0.15, -0.1) is 0 Å². The Morgan fingerprint density at radius 2 is 1.97 bits per heavy atom. The lowest BCUT2D eigenvalue weighted by Gasteiger charge is -2.33. The Hall–Kier alpha value is -1.89. The summed E-state index contributed by atoms with van der Waals surface area (Å²) in [5.41, 5.74) is -1.26. The first kappa shape index (κ1) is 30.6. The van der Waals surface area contributed by atoms with Gasteiger partial charge in [-0.3, -0.25) is 9.69 Å². The zero-order valence-electron chi connectivity index (χ0n) is 20.7. The van der Waals surface area contributed by atoms with Gasteiger partial charge in [0.25, 0.3) is 5.91 Å². The molecule has 0 aromatic heterocycles. The van der Waals surface area contributed by atoms with Crippen LogP contribution in [-0.2, 0) is 33.8 Å². The molecule has 0 saturated carbocycles. The molecule has 210 valence electrons. The number of hydrogen-bond donors (Lipinski definition) is 2. The molecule has 0 radical (unpaired) electrons. The molecule has 1 unspecified atom stereocenters. The molecule has 2 aromatic carbocycles. The Labute approximate surface area is 229 Å². The van der Waals surface area contributed by atoms with E-state index in [0.29, 0.717) is 13.1 Å². The molecule has 0 aliphatic carbocycles. The number of hydrogen-bond acceptors (Lipinski definition) is 6. The van der Waals surface area contributed by atoms with Crippen LogP contribution in [0, 0.1) is 0 Å². The van der Waals surface area contributed by atoms with Crippen molar-refractivity contribution in [3.05, 3.63) is 62.6 Å². The number of carbonyl (C=O) groups excluding carboxylic acids is 1. The molecule has 2 N–H and O–H groups in total. The number of sulfone groups is 1. The number of likely N-dealkylation sites (tertiary alicyclic amines) is 1. The number of aliphatic hydroxyl groups is 1. The van der Waals surface area contributed by atoms with E-state index >= 15 is 0 Å². The highest BCUT2D eigenvalue weighted by Crippen LogP contribution is 2.37. The fourth-order valence-electron chi connectivity index (χ4n) is 4.34. The van der Waals surface area contributed by atoms with Gasteiger partial charge < -0.3 is 15.2 Å². The van der Waals surface area contributed by atoms with Crippen LogP contribution in [0.1, 0.15) is 46.8 Å². The molecule has 0 spiro atoms. The van der Waals surface area contributed by atoms with Crippen LogP contribution in [0.3, 0.4) is 0 Å². The Bertz CT molecular complexity index is 1260. The van der Waals surface area contributed by atoms with Crippen LogP contribution in [0.5, 0.6) is 0 Å². The second-order valence-electron chi connectivity index (χ2n) is 8.91. The molecule has 0 bridgehead atoms. The number of nitrogens with zero attached hydrogens (tertiary/aromatic N) is 1. The number of ether oxygens (including phenoxy) is 1. The Balaban J connectivity index is 1.83. The molecule has 1 aliphatic rings. The van der Waals surface area contributed by atoms with E-state index in [1.165, 1.54) is 31.2 Å². The van der Waals surface area contributed by atoms with E-state index in [1.54, 1.807) is 4.90 Å². The Kier molecular flexibility index (Phi) is 10.5. The van der Waals surface area contributed by atoms with Crippen LogP contribution in [0.25, 0.3) is 0 Å². The zero-order chi connectivity index (χ0) is 28.1. The minimum Gasteiger partial charge on any atom is -0.394 e. The van der Waals surface area contributed by atoms with Gasteiger partial charge in [-0.2, -0.15) is 13.2 Å². The van der Waals surface area contributed by atoms with Gasteiger partial charge in [0.15, 0.2) is 9.84 Å². The molecular formula is C25H29Cl2F3N2O5S. The fourth-order valence-corrected chi connectivity index (χ4v) is 5.93. The van der Waals surface area contributed by atoms with E-state index in [1.807, 2.05) is 0 Å². The van der Waals surface area contributed by atoms with Crippen molar-refractivity contribution in [3.63, 3.8) is 0 Å². The zero-order valence-corrected chi connectivity index (χ0v) is 23.0. The minimum atomic E-state index is -4.77. The summed E-state index contributed by atoms with van der Waals surface area (Å²) in [6.45, 7) is 2.07. The van der Waals surface area contributed by atoms with Crippen molar-refractivity contribution in [2.75, 3.05) is 32.1 Å². The van der Waals surface area contributed by atoms with Gasteiger partial charge in [0.1, 0.15) is 0 Å². The predicted octanol–water partition coefficient (Wildman–Crippen LogP) is 4.71. The van der Waals surface area contributed by atoms with Gasteiger partial charge >= 0.3 is 6.18 Å². The number of carbonyl (C=O) groups is 1. The first-order chi connectivity index (χ1) is 17.9. The summed E-state index contributed by atoms with van der Waals surface area (Å²) in [5.74, 6) is -1.02. The smallest absolute Gasteiger partial charge is 0.394 e. The number of nitrogens with one attached hydrogen (secondary N) is 1. The van der Waals surface area contributed by atoms with E-state index in [4.69, 9.17) is 33.0 Å². The number of aliphatic hydroxyl groups excluding tert-OH is 1. The summed E-state index contributed by atoms with van der Waals surface area (Å²) in [6, 6.07) is 6.05. The number of amides is 1. The molecule has 38 heavy (non-hydrogen) atoms. The van der Waals surface area contributed by atoms with Crippen LogP contribution in [0.2, 0.25) is 10.0 Å². The largest absolute Gasteiger partial charge is 0.416 e. The Morgan fingerprint density at radius 3 is 2.63 bits per heavy atom. The van der Waals surface area contributed by atoms with Crippen LogP contribution in [0.4, 0.5) is 13.2 Å². The number of halogens is 5. The maximum Gasteiger partial charge on any atom is 0.416 e. The molecular weight excluding hydrogens is 568 g/mol. The summed E-state index contributed by atoms with van der Waals surface area (Å²) in [6.07, 6.45) is -3.52. The summed E-state index contributed by atoms with van der Waals surface area (Å²) >= 11 is 12.3. The minimum absolute atomic E-state index is 0.0168. The third-order valence-electron chi connectivity index (χ3n) is 6.23. The van der Waals surface area contributed by atoms with Gasteiger partial charge in [0.05, 0.1) is 35.5 Å². The molecule has 1 heterocycles. The molecule has 2 aromatic rings. The first-order valence-electron chi connectivity index (χ1n) is 12.0. The maximum atomic E-state index is 14.0. The van der Waals surface area contributed by atoms with Gasteiger partial charge in [0, 0.05) is 35.2 Å². The summed E-state index contributed by atoms with van der Waals surface area (Å²) in [7, 11) is -3.63. The Morgan fingerprint density at radius 1 is 1.24 bits per heavy atom. The topological polar surface area (TPSA) is 95.9 Å². The average Bonchev–Trinajstić information content (AvgIpc) is 2.86. The van der Waals surface area contributed by atoms with E-state index in [2.05, 4.69) is 5.32 Å². The van der Waals surface area contributed by atoms with Crippen LogP contribution < -0.4 is 5.32 Å². The van der Waals surface area contributed by atoms with Gasteiger partial charge in [0.2, 0.25) is 0 Å². The third kappa shape index (κ3) is 7.83. The van der Waals surface area contributed by atoms with Crippen LogP contribution in [-0.4, -0.2) is 62.5 Å². The monoisotopic (exact) mass is 596 g/mol. The highest BCUT2D eigenvalue weighted by atomic mass is 35.5. The lowest BCUT2D eigenvalue weighted by molar-refractivity contribution is -0.138. The van der Waals surface area contributed by atoms with Crippen molar-refractivity contribution in [1.82, 2.24) is 10.2 Å². The highest BCUT2D eigenvalue weighted by molar-refractivity contribution is 7.91. The molecule has 3 rings (SSSR count). The molecule has 1 atom stereocenters. The quantitative estimate of drug-likeness (QED) is 0.412. The SMILES string of the molecule is CCS(=O)(=O)c1ccc(Cl)cc1CNC(=O)c1cc(Cl)c(CN2CCCC(OCCO)C2)c(C(F)(F)F)c1. The van der Waals surface area contributed by atoms with Crippen molar-refractivity contribution in [2.45, 2.75) is 50.0 Å². The maximum absolute atomic E-state index is 14.0. The summed E-state index contributed by atoms with van der Waals surface area (Å²) in [5, 5.41) is 11.5. The van der Waals surface area contributed by atoms with Crippen molar-refractivity contribution in [2.24, 2.45) is 0 Å². The van der Waals surface area contributed by atoms with Crippen LogP contribution >= 0.6 is 23.2 Å². The molecule has 1 amide bonds. The van der Waals surface area contributed by atoms with Crippen LogP contribution in [0.15, 0.2) is 35.2 Å². The molecule has 1 fully saturated rings. The lowest BCUT2D eigenvalue weighted by Crippen LogP contribution is -2.40. The fraction of sp³-hybridized carbons (Fsp3) is 0.480. The lowest BCUT2D eigenvalue weighted by atomic mass is 10.0. The van der Waals surface area contributed by atoms with Gasteiger partial charge in [-0.25, -0.2) is 8.42 Å². The number of rotatable bonds is 10. The number of alkyl halides is 3. The normalized spacial score (nSPS) is 17.0. The molecule has 7 nitrogen and oxygen atoms in total. The van der Waals surface area contributed by atoms with E-state index < -0.39 is 27.5 Å². The standard InChI is InChI=1S/C25H29Cl2F3N2O5S/c1-2-38(35,36)23-6-5-18(26)10-17(23)13-31-24(34)16-11-21(25(28,29)30)20(22(27)12-16)15-32-7-3-4-19(14-32)37-9-8-33/h5-6,10-12,19,33H,2-4,7-9,13-15H2,1H3,(H,31,34). The van der Waals surface area contributed by atoms with Crippen molar-refractivity contribution < 1.29 is 36.2 Å². The highest BCUT2D eigenvalue weighted by Gasteiger charge is 2.36. The molecule has 1 aliphatic heterocycles. The first-order valence-corrected chi connectivity index (χ1v) is 14.4. The number of benzene rings is 2. The number of piperidine rings is 1. The third-order valence-corrected chi connectivity index (χ3v) is 8.63. The van der Waals surface area contributed by atoms with E-state index in [9.17, 15) is 26.4 Å². The average molecular weight is 597 g/mol. The molecule has 13 heteroatoms. The summed E-state index contributed by atoms with van der Waals surface area (Å²) < 4.78 is 72.5. The van der Waals surface area contributed by atoms with Gasteiger partial charge in [-0.1, -0.05) is 30.1 Å². The van der Waals surface area contributed by atoms with E-state index in [-0.39, 0.29) is 69.8 Å². The second kappa shape index (κ2) is 13.0. The molecule has 1 saturated heterocycles. The van der Waals surface area contributed by atoms with E-state index in [0.717, 1.165) is 18.9 Å². The summed E-state index contributed by atoms with van der Waals surface area (Å²) in [4.78, 5) is 14.6. The van der Waals surface area contributed by atoms with Gasteiger partial charge in [-0.05, 0) is 60.8 Å².